The van der Waals surface area contributed by atoms with E-state index in [1.807, 2.05) is 31.2 Å². The molecule has 3 rings (SSSR count). The van der Waals surface area contributed by atoms with Crippen LogP contribution in [0.25, 0.3) is 0 Å². The molecule has 27 heavy (non-hydrogen) atoms. The molecular formula is C20H23ClN4OS. The molecular weight excluding hydrogens is 380 g/mol. The number of thiocarbonyl (C=S) groups is 1. The number of carbonyl (C=O) groups is 1. The molecule has 0 aliphatic carbocycles. The number of halogens is 1. The van der Waals surface area contributed by atoms with Crippen LogP contribution in [0.15, 0.2) is 42.5 Å². The maximum atomic E-state index is 12.5. The number of aryl methyl sites for hydroxylation is 1. The van der Waals surface area contributed by atoms with Crippen LogP contribution < -0.4 is 15.5 Å². The highest BCUT2D eigenvalue weighted by Crippen LogP contribution is 2.26. The van der Waals surface area contributed by atoms with Crippen molar-refractivity contribution in [3.63, 3.8) is 0 Å². The normalized spacial score (nSPS) is 14.7. The molecule has 0 saturated carbocycles. The number of likely N-dealkylation sites (N-methyl/N-ethyl adjacent to an activating group) is 1. The summed E-state index contributed by atoms with van der Waals surface area (Å²) in [6.45, 7) is 5.86. The van der Waals surface area contributed by atoms with Crippen LogP contribution in [-0.2, 0) is 0 Å². The lowest BCUT2D eigenvalue weighted by Gasteiger charge is -2.35. The lowest BCUT2D eigenvalue weighted by atomic mass is 10.1. The SMILES string of the molecule is Cc1ccc(C(=O)NC(=S)Nc2ccccc2N2CCN(C)CC2)c(Cl)c1. The second-order valence-corrected chi connectivity index (χ2v) is 7.51. The molecule has 1 aliphatic rings. The summed E-state index contributed by atoms with van der Waals surface area (Å²) < 4.78 is 0. The molecule has 1 aliphatic heterocycles. The molecule has 2 N–H and O–H groups in total. The van der Waals surface area contributed by atoms with Crippen LogP contribution >= 0.6 is 23.8 Å². The van der Waals surface area contributed by atoms with Crippen molar-refractivity contribution in [3.05, 3.63) is 58.6 Å². The number of nitrogens with zero attached hydrogens (tertiary/aromatic N) is 2. The second kappa shape index (κ2) is 8.69. The van der Waals surface area contributed by atoms with Gasteiger partial charge in [0, 0.05) is 26.2 Å². The number of amides is 1. The molecule has 0 unspecified atom stereocenters. The van der Waals surface area contributed by atoms with Gasteiger partial charge in [0.2, 0.25) is 0 Å². The zero-order valence-corrected chi connectivity index (χ0v) is 17.0. The van der Waals surface area contributed by atoms with Crippen molar-refractivity contribution < 1.29 is 4.79 Å². The second-order valence-electron chi connectivity index (χ2n) is 6.70. The molecule has 0 aromatic heterocycles. The number of hydrogen-bond acceptors (Lipinski definition) is 4. The van der Waals surface area contributed by atoms with Gasteiger partial charge in [-0.2, -0.15) is 0 Å². The smallest absolute Gasteiger partial charge is 0.258 e. The Kier molecular flexibility index (Phi) is 6.31. The Morgan fingerprint density at radius 3 is 2.52 bits per heavy atom. The summed E-state index contributed by atoms with van der Waals surface area (Å²) in [6.07, 6.45) is 0. The van der Waals surface area contributed by atoms with Crippen molar-refractivity contribution >= 4 is 46.2 Å². The van der Waals surface area contributed by atoms with Crippen molar-refractivity contribution in [2.45, 2.75) is 6.92 Å². The lowest BCUT2D eigenvalue weighted by molar-refractivity contribution is 0.0978. The summed E-state index contributed by atoms with van der Waals surface area (Å²) in [7, 11) is 2.13. The number of benzene rings is 2. The van der Waals surface area contributed by atoms with Crippen LogP contribution in [0.3, 0.4) is 0 Å². The van der Waals surface area contributed by atoms with E-state index in [4.69, 9.17) is 23.8 Å². The predicted molar refractivity (Wildman–Crippen MR) is 116 cm³/mol. The highest BCUT2D eigenvalue weighted by molar-refractivity contribution is 7.80. The summed E-state index contributed by atoms with van der Waals surface area (Å²) in [5.74, 6) is -0.324. The number of nitrogens with one attached hydrogen (secondary N) is 2. The first-order valence-corrected chi connectivity index (χ1v) is 9.63. The number of carbonyl (C=O) groups excluding carboxylic acids is 1. The van der Waals surface area contributed by atoms with E-state index >= 15 is 0 Å². The fourth-order valence-electron chi connectivity index (χ4n) is 3.03. The van der Waals surface area contributed by atoms with Crippen molar-refractivity contribution in [2.24, 2.45) is 0 Å². The van der Waals surface area contributed by atoms with Crippen molar-refractivity contribution in [1.29, 1.82) is 0 Å². The van der Waals surface area contributed by atoms with Crippen LogP contribution in [0, 0.1) is 6.92 Å². The molecule has 0 spiro atoms. The van der Waals surface area contributed by atoms with E-state index in [1.54, 1.807) is 12.1 Å². The minimum absolute atomic E-state index is 0.248. The first-order valence-electron chi connectivity index (χ1n) is 8.85. The fourth-order valence-corrected chi connectivity index (χ4v) is 3.55. The summed E-state index contributed by atoms with van der Waals surface area (Å²) in [6, 6.07) is 13.3. The van der Waals surface area contributed by atoms with Gasteiger partial charge in [0.05, 0.1) is 22.0 Å². The average molecular weight is 403 g/mol. The van der Waals surface area contributed by atoms with E-state index in [-0.39, 0.29) is 11.0 Å². The Balaban J connectivity index is 1.68. The summed E-state index contributed by atoms with van der Waals surface area (Å²) in [5.41, 5.74) is 3.36. The van der Waals surface area contributed by atoms with Crippen LogP contribution in [0.1, 0.15) is 15.9 Å². The number of rotatable bonds is 3. The van der Waals surface area contributed by atoms with Gasteiger partial charge >= 0.3 is 0 Å². The standard InChI is InChI=1S/C20H23ClN4OS/c1-14-7-8-15(16(21)13-14)19(26)23-20(27)22-17-5-3-4-6-18(17)25-11-9-24(2)10-12-25/h3-8,13H,9-12H2,1-2H3,(H2,22,23,26,27). The van der Waals surface area contributed by atoms with Gasteiger partial charge in [0.1, 0.15) is 0 Å². The molecule has 5 nitrogen and oxygen atoms in total. The number of hydrogen-bond donors (Lipinski definition) is 2. The molecule has 2 aromatic rings. The van der Waals surface area contributed by atoms with Gasteiger partial charge < -0.3 is 15.1 Å². The van der Waals surface area contributed by atoms with Crippen molar-refractivity contribution in [3.8, 4) is 0 Å². The van der Waals surface area contributed by atoms with E-state index in [2.05, 4.69) is 33.5 Å². The van der Waals surface area contributed by atoms with Gasteiger partial charge in [-0.1, -0.05) is 29.8 Å². The van der Waals surface area contributed by atoms with Crippen LogP contribution in [0.2, 0.25) is 5.02 Å². The summed E-state index contributed by atoms with van der Waals surface area (Å²) in [4.78, 5) is 17.1. The Morgan fingerprint density at radius 1 is 1.11 bits per heavy atom. The summed E-state index contributed by atoms with van der Waals surface area (Å²) >= 11 is 11.5. The van der Waals surface area contributed by atoms with Crippen molar-refractivity contribution in [1.82, 2.24) is 10.2 Å². The van der Waals surface area contributed by atoms with Gasteiger partial charge in [0.15, 0.2) is 5.11 Å². The van der Waals surface area contributed by atoms with Gasteiger partial charge in [0.25, 0.3) is 5.91 Å². The van der Waals surface area contributed by atoms with Crippen molar-refractivity contribution in [2.75, 3.05) is 43.4 Å². The maximum Gasteiger partial charge on any atom is 0.258 e. The third-order valence-electron chi connectivity index (χ3n) is 4.59. The minimum atomic E-state index is -0.324. The van der Waals surface area contributed by atoms with Gasteiger partial charge in [-0.3, -0.25) is 10.1 Å². The highest BCUT2D eigenvalue weighted by atomic mass is 35.5. The molecule has 0 atom stereocenters. The van der Waals surface area contributed by atoms with Crippen LogP contribution in [-0.4, -0.2) is 49.1 Å². The number of anilines is 2. The van der Waals surface area contributed by atoms with E-state index in [1.165, 1.54) is 0 Å². The molecule has 1 saturated heterocycles. The Labute approximate surface area is 170 Å². The molecule has 1 fully saturated rings. The van der Waals surface area contributed by atoms with Crippen LogP contribution in [0.5, 0.6) is 0 Å². The quantitative estimate of drug-likeness (QED) is 0.769. The van der Waals surface area contributed by atoms with Gasteiger partial charge in [-0.05, 0) is 56.0 Å². The lowest BCUT2D eigenvalue weighted by Crippen LogP contribution is -2.45. The van der Waals surface area contributed by atoms with E-state index in [0.717, 1.165) is 43.1 Å². The fraction of sp³-hybridized carbons (Fsp3) is 0.300. The largest absolute Gasteiger partial charge is 0.367 e. The Bertz CT molecular complexity index is 850. The molecule has 7 heteroatoms. The monoisotopic (exact) mass is 402 g/mol. The average Bonchev–Trinajstić information content (AvgIpc) is 2.62. The minimum Gasteiger partial charge on any atom is -0.367 e. The first kappa shape index (κ1) is 19.6. The molecule has 1 amide bonds. The molecule has 0 bridgehead atoms. The van der Waals surface area contributed by atoms with Crippen LogP contribution in [0.4, 0.5) is 11.4 Å². The Hall–Kier alpha value is -2.15. The predicted octanol–water partition coefficient (Wildman–Crippen LogP) is 3.53. The van der Waals surface area contributed by atoms with Gasteiger partial charge in [-0.25, -0.2) is 0 Å². The Morgan fingerprint density at radius 2 is 1.81 bits per heavy atom. The number of para-hydroxylation sites is 2. The molecule has 0 radical (unpaired) electrons. The zero-order chi connectivity index (χ0) is 19.4. The molecule has 142 valence electrons. The maximum absolute atomic E-state index is 12.5. The highest BCUT2D eigenvalue weighted by Gasteiger charge is 2.18. The molecule has 1 heterocycles. The number of piperazine rings is 1. The zero-order valence-electron chi connectivity index (χ0n) is 15.5. The first-order chi connectivity index (χ1) is 12.9. The third-order valence-corrected chi connectivity index (χ3v) is 5.11. The third kappa shape index (κ3) is 4.97. The van der Waals surface area contributed by atoms with E-state index in [0.29, 0.717) is 10.6 Å². The van der Waals surface area contributed by atoms with E-state index < -0.39 is 0 Å². The summed E-state index contributed by atoms with van der Waals surface area (Å²) in [5, 5.41) is 6.52. The van der Waals surface area contributed by atoms with Gasteiger partial charge in [-0.15, -0.1) is 0 Å². The topological polar surface area (TPSA) is 47.6 Å². The molecule has 2 aromatic carbocycles. The van der Waals surface area contributed by atoms with E-state index in [9.17, 15) is 4.79 Å².